The number of rotatable bonds is 4. The molecule has 0 saturated heterocycles. The van der Waals surface area contributed by atoms with Crippen LogP contribution in [0.2, 0.25) is 0 Å². The van der Waals surface area contributed by atoms with E-state index >= 15 is 0 Å². The van der Waals surface area contributed by atoms with E-state index in [4.69, 9.17) is 0 Å². The first-order chi connectivity index (χ1) is 8.34. The summed E-state index contributed by atoms with van der Waals surface area (Å²) >= 11 is 0. The normalized spacial score (nSPS) is 15.1. The minimum atomic E-state index is 0.685. The molecular weight excluding hydrogens is 214 g/mol. The molecule has 2 heterocycles. The van der Waals surface area contributed by atoms with Crippen molar-refractivity contribution in [2.24, 2.45) is 7.05 Å². The number of nitrogens with zero attached hydrogens (tertiary/aromatic N) is 4. The average molecular weight is 229 g/mol. The Kier molecular flexibility index (Phi) is 2.60. The monoisotopic (exact) mass is 229 g/mol. The highest BCUT2D eigenvalue weighted by molar-refractivity contribution is 5.48. The minimum absolute atomic E-state index is 0.685. The summed E-state index contributed by atoms with van der Waals surface area (Å²) < 4.78 is 2.00. The minimum Gasteiger partial charge on any atom is -0.312 e. The molecule has 1 fully saturated rings. The second kappa shape index (κ2) is 4.25. The van der Waals surface area contributed by atoms with Crippen LogP contribution in [-0.4, -0.2) is 25.8 Å². The first-order valence-electron chi connectivity index (χ1n) is 5.87. The van der Waals surface area contributed by atoms with Crippen molar-refractivity contribution in [3.8, 4) is 11.5 Å². The summed E-state index contributed by atoms with van der Waals surface area (Å²) in [4.78, 5) is 4.29. The second-order valence-electron chi connectivity index (χ2n) is 4.37. The fourth-order valence-corrected chi connectivity index (χ4v) is 1.76. The van der Waals surface area contributed by atoms with Gasteiger partial charge in [-0.25, -0.2) is 0 Å². The Bertz CT molecular complexity index is 501. The molecule has 0 radical (unpaired) electrons. The van der Waals surface area contributed by atoms with Gasteiger partial charge in [-0.05, 0) is 25.0 Å². The number of pyridine rings is 1. The number of hydrogen-bond donors (Lipinski definition) is 1. The first-order valence-corrected chi connectivity index (χ1v) is 5.87. The Labute approximate surface area is 99.9 Å². The van der Waals surface area contributed by atoms with Crippen LogP contribution in [0.15, 0.2) is 24.4 Å². The molecule has 0 unspecified atom stereocenters. The molecule has 0 bridgehead atoms. The maximum atomic E-state index is 4.29. The van der Waals surface area contributed by atoms with Crippen molar-refractivity contribution < 1.29 is 0 Å². The molecule has 5 heteroatoms. The summed E-state index contributed by atoms with van der Waals surface area (Å²) in [6.07, 6.45) is 4.34. The van der Waals surface area contributed by atoms with Crippen LogP contribution >= 0.6 is 0 Å². The smallest absolute Gasteiger partial charge is 0.182 e. The zero-order valence-electron chi connectivity index (χ0n) is 9.80. The van der Waals surface area contributed by atoms with Crippen molar-refractivity contribution in [3.05, 3.63) is 30.2 Å². The van der Waals surface area contributed by atoms with E-state index in [0.29, 0.717) is 6.04 Å². The van der Waals surface area contributed by atoms with Gasteiger partial charge < -0.3 is 9.88 Å². The Morgan fingerprint density at radius 1 is 1.35 bits per heavy atom. The van der Waals surface area contributed by atoms with Gasteiger partial charge >= 0.3 is 0 Å². The highest BCUT2D eigenvalue weighted by Gasteiger charge is 2.21. The summed E-state index contributed by atoms with van der Waals surface area (Å²) in [6, 6.07) is 6.49. The molecule has 0 aromatic carbocycles. The number of hydrogen-bond acceptors (Lipinski definition) is 4. The van der Waals surface area contributed by atoms with Crippen LogP contribution in [0.4, 0.5) is 0 Å². The van der Waals surface area contributed by atoms with Crippen molar-refractivity contribution in [1.82, 2.24) is 25.1 Å². The molecule has 1 aliphatic rings. The molecule has 17 heavy (non-hydrogen) atoms. The molecule has 0 atom stereocenters. The molecule has 0 aliphatic heterocycles. The van der Waals surface area contributed by atoms with E-state index in [1.165, 1.54) is 12.8 Å². The fourth-order valence-electron chi connectivity index (χ4n) is 1.76. The standard InChI is InChI=1S/C12H15N5/c1-17-11(8-14-9-5-6-9)15-16-12(17)10-4-2-3-7-13-10/h2-4,7,9,14H,5-6,8H2,1H3. The summed E-state index contributed by atoms with van der Waals surface area (Å²) in [5.74, 6) is 1.77. The summed E-state index contributed by atoms with van der Waals surface area (Å²) in [7, 11) is 1.98. The van der Waals surface area contributed by atoms with Crippen molar-refractivity contribution in [3.63, 3.8) is 0 Å². The predicted molar refractivity (Wildman–Crippen MR) is 64.1 cm³/mol. The Hall–Kier alpha value is -1.75. The largest absolute Gasteiger partial charge is 0.312 e. The van der Waals surface area contributed by atoms with E-state index in [-0.39, 0.29) is 0 Å². The fraction of sp³-hybridized carbons (Fsp3) is 0.417. The Morgan fingerprint density at radius 3 is 2.94 bits per heavy atom. The van der Waals surface area contributed by atoms with Crippen molar-refractivity contribution in [2.75, 3.05) is 0 Å². The molecule has 2 aromatic heterocycles. The van der Waals surface area contributed by atoms with Gasteiger partial charge in [-0.15, -0.1) is 10.2 Å². The summed E-state index contributed by atoms with van der Waals surface area (Å²) in [5.41, 5.74) is 0.861. The third-order valence-electron chi connectivity index (χ3n) is 2.99. The van der Waals surface area contributed by atoms with Crippen LogP contribution in [0.5, 0.6) is 0 Å². The van der Waals surface area contributed by atoms with Crippen LogP contribution in [0.1, 0.15) is 18.7 Å². The summed E-state index contributed by atoms with van der Waals surface area (Å²) in [5, 5.41) is 11.8. The van der Waals surface area contributed by atoms with E-state index in [2.05, 4.69) is 20.5 Å². The highest BCUT2D eigenvalue weighted by atomic mass is 15.3. The van der Waals surface area contributed by atoms with Crippen LogP contribution in [0.25, 0.3) is 11.5 Å². The Morgan fingerprint density at radius 2 is 2.24 bits per heavy atom. The predicted octanol–water partition coefficient (Wildman–Crippen LogP) is 1.13. The van der Waals surface area contributed by atoms with Gasteiger partial charge in [-0.1, -0.05) is 6.07 Å². The molecule has 0 spiro atoms. The SMILES string of the molecule is Cn1c(CNC2CC2)nnc1-c1ccccn1. The first kappa shape index (κ1) is 10.4. The van der Waals surface area contributed by atoms with Crippen molar-refractivity contribution >= 4 is 0 Å². The average Bonchev–Trinajstić information content (AvgIpc) is 3.12. The van der Waals surface area contributed by atoms with E-state index < -0.39 is 0 Å². The van der Waals surface area contributed by atoms with Gasteiger partial charge in [0.15, 0.2) is 5.82 Å². The van der Waals surface area contributed by atoms with Gasteiger partial charge in [-0.3, -0.25) is 4.98 Å². The lowest BCUT2D eigenvalue weighted by molar-refractivity contribution is 0.634. The topological polar surface area (TPSA) is 55.6 Å². The maximum absolute atomic E-state index is 4.29. The third kappa shape index (κ3) is 2.19. The zero-order chi connectivity index (χ0) is 11.7. The molecule has 3 rings (SSSR count). The van der Waals surface area contributed by atoms with Crippen molar-refractivity contribution in [2.45, 2.75) is 25.4 Å². The second-order valence-corrected chi connectivity index (χ2v) is 4.37. The van der Waals surface area contributed by atoms with Crippen LogP contribution in [-0.2, 0) is 13.6 Å². The van der Waals surface area contributed by atoms with Gasteiger partial charge in [-0.2, -0.15) is 0 Å². The molecule has 1 aliphatic carbocycles. The van der Waals surface area contributed by atoms with Crippen LogP contribution < -0.4 is 5.32 Å². The van der Waals surface area contributed by atoms with Crippen molar-refractivity contribution in [1.29, 1.82) is 0 Å². The van der Waals surface area contributed by atoms with Gasteiger partial charge in [0.25, 0.3) is 0 Å². The summed E-state index contributed by atoms with van der Waals surface area (Å²) in [6.45, 7) is 0.779. The molecule has 0 amide bonds. The lowest BCUT2D eigenvalue weighted by atomic mass is 10.3. The molecule has 5 nitrogen and oxygen atoms in total. The molecule has 88 valence electrons. The number of nitrogens with one attached hydrogen (secondary N) is 1. The van der Waals surface area contributed by atoms with Gasteiger partial charge in [0.2, 0.25) is 0 Å². The lowest BCUT2D eigenvalue weighted by Gasteiger charge is -2.04. The molecule has 1 N–H and O–H groups in total. The van der Waals surface area contributed by atoms with E-state index in [1.807, 2.05) is 29.8 Å². The Balaban J connectivity index is 1.81. The third-order valence-corrected chi connectivity index (χ3v) is 2.99. The number of aromatic nitrogens is 4. The van der Waals surface area contributed by atoms with Gasteiger partial charge in [0.1, 0.15) is 11.5 Å². The van der Waals surface area contributed by atoms with E-state index in [9.17, 15) is 0 Å². The van der Waals surface area contributed by atoms with Gasteiger partial charge in [0.05, 0.1) is 6.54 Å². The van der Waals surface area contributed by atoms with Crippen LogP contribution in [0, 0.1) is 0 Å². The molecule has 1 saturated carbocycles. The maximum Gasteiger partial charge on any atom is 0.182 e. The van der Waals surface area contributed by atoms with Gasteiger partial charge in [0, 0.05) is 19.3 Å². The quantitative estimate of drug-likeness (QED) is 0.854. The van der Waals surface area contributed by atoms with E-state index in [1.54, 1.807) is 6.20 Å². The van der Waals surface area contributed by atoms with E-state index in [0.717, 1.165) is 23.9 Å². The molecular formula is C12H15N5. The zero-order valence-corrected chi connectivity index (χ0v) is 9.80. The lowest BCUT2D eigenvalue weighted by Crippen LogP contribution is -2.18. The highest BCUT2D eigenvalue weighted by Crippen LogP contribution is 2.19. The molecule has 2 aromatic rings. The van der Waals surface area contributed by atoms with Crippen LogP contribution in [0.3, 0.4) is 0 Å².